The highest BCUT2D eigenvalue weighted by molar-refractivity contribution is 5.98. The number of fused-ring (bicyclic) bond motifs is 3. The fourth-order valence-corrected chi connectivity index (χ4v) is 3.92. The van der Waals surface area contributed by atoms with Crippen LogP contribution in [0.15, 0.2) is 75.5 Å². The SMILES string of the molecule is CN(C)CCNC(=O)C1=CC2=C3C=CC=CC3N(C)C2=C2C=CC=NC12. The quantitative estimate of drug-likeness (QED) is 0.840. The molecular formula is C21H24N4O. The molecule has 0 aromatic carbocycles. The lowest BCUT2D eigenvalue weighted by Crippen LogP contribution is -2.37. The van der Waals surface area contributed by atoms with E-state index in [0.717, 1.165) is 23.3 Å². The predicted molar refractivity (Wildman–Crippen MR) is 105 cm³/mol. The van der Waals surface area contributed by atoms with E-state index in [9.17, 15) is 4.79 Å². The zero-order valence-electron chi connectivity index (χ0n) is 15.4. The number of carbonyl (C=O) groups is 1. The summed E-state index contributed by atoms with van der Waals surface area (Å²) in [5.74, 6) is -0.0321. The molecule has 0 spiro atoms. The van der Waals surface area contributed by atoms with Crippen molar-refractivity contribution in [2.45, 2.75) is 12.1 Å². The normalized spacial score (nSPS) is 25.5. The molecule has 0 saturated heterocycles. The summed E-state index contributed by atoms with van der Waals surface area (Å²) in [6, 6.07) is -0.000809. The van der Waals surface area contributed by atoms with E-state index in [1.165, 1.54) is 11.3 Å². The smallest absolute Gasteiger partial charge is 0.249 e. The number of nitrogens with zero attached hydrogens (tertiary/aromatic N) is 3. The largest absolute Gasteiger partial charge is 0.363 e. The average molecular weight is 348 g/mol. The van der Waals surface area contributed by atoms with Crippen LogP contribution < -0.4 is 5.32 Å². The van der Waals surface area contributed by atoms with Crippen LogP contribution >= 0.6 is 0 Å². The average Bonchev–Trinajstić information content (AvgIpc) is 2.94. The van der Waals surface area contributed by atoms with Gasteiger partial charge >= 0.3 is 0 Å². The fraction of sp³-hybridized carbons (Fsp3) is 0.333. The number of carbonyl (C=O) groups excluding carboxylic acids is 1. The topological polar surface area (TPSA) is 47.9 Å². The highest BCUT2D eigenvalue weighted by atomic mass is 16.1. The van der Waals surface area contributed by atoms with Gasteiger partial charge in [0.1, 0.15) is 6.04 Å². The fourth-order valence-electron chi connectivity index (χ4n) is 3.92. The molecule has 26 heavy (non-hydrogen) atoms. The Labute approximate surface area is 154 Å². The predicted octanol–water partition coefficient (Wildman–Crippen LogP) is 1.60. The summed E-state index contributed by atoms with van der Waals surface area (Å²) in [7, 11) is 6.11. The molecule has 0 bridgehead atoms. The van der Waals surface area contributed by atoms with Gasteiger partial charge in [-0.15, -0.1) is 0 Å². The number of amides is 1. The molecule has 2 aliphatic heterocycles. The van der Waals surface area contributed by atoms with Crippen molar-refractivity contribution in [3.05, 3.63) is 70.5 Å². The Bertz CT molecular complexity index is 851. The Morgan fingerprint density at radius 1 is 1.23 bits per heavy atom. The van der Waals surface area contributed by atoms with E-state index in [1.807, 2.05) is 26.2 Å². The van der Waals surface area contributed by atoms with Crippen molar-refractivity contribution in [2.24, 2.45) is 4.99 Å². The third kappa shape index (κ3) is 2.69. The van der Waals surface area contributed by atoms with Crippen LogP contribution in [0.4, 0.5) is 0 Å². The first-order valence-electron chi connectivity index (χ1n) is 8.98. The summed E-state index contributed by atoms with van der Waals surface area (Å²) in [5.41, 5.74) is 5.40. The molecule has 0 aromatic heterocycles. The van der Waals surface area contributed by atoms with Gasteiger partial charge in [0.25, 0.3) is 0 Å². The molecule has 0 fully saturated rings. The zero-order chi connectivity index (χ0) is 18.3. The van der Waals surface area contributed by atoms with Crippen LogP contribution in [-0.2, 0) is 4.79 Å². The number of aliphatic imine (C=N–C) groups is 1. The lowest BCUT2D eigenvalue weighted by atomic mass is 9.85. The van der Waals surface area contributed by atoms with Gasteiger partial charge in [0.2, 0.25) is 5.91 Å². The minimum Gasteiger partial charge on any atom is -0.363 e. The molecule has 134 valence electrons. The number of nitrogens with one attached hydrogen (secondary N) is 1. The van der Waals surface area contributed by atoms with E-state index >= 15 is 0 Å². The van der Waals surface area contributed by atoms with Gasteiger partial charge < -0.3 is 15.1 Å². The van der Waals surface area contributed by atoms with Gasteiger partial charge in [0.05, 0.1) is 11.7 Å². The second kappa shape index (κ2) is 6.57. The van der Waals surface area contributed by atoms with Gasteiger partial charge in [-0.05, 0) is 31.8 Å². The minimum absolute atomic E-state index is 0.0321. The molecule has 2 atom stereocenters. The summed E-state index contributed by atoms with van der Waals surface area (Å²) < 4.78 is 0. The monoisotopic (exact) mass is 348 g/mol. The Kier molecular flexibility index (Phi) is 4.24. The van der Waals surface area contributed by atoms with Crippen LogP contribution in [0.5, 0.6) is 0 Å². The van der Waals surface area contributed by atoms with E-state index in [4.69, 9.17) is 0 Å². The lowest BCUT2D eigenvalue weighted by molar-refractivity contribution is -0.117. The molecule has 0 saturated carbocycles. The molecule has 5 heteroatoms. The summed E-state index contributed by atoms with van der Waals surface area (Å²) in [6.45, 7) is 1.44. The van der Waals surface area contributed by atoms with Gasteiger partial charge in [-0.3, -0.25) is 9.79 Å². The van der Waals surface area contributed by atoms with Crippen LogP contribution in [0.2, 0.25) is 0 Å². The van der Waals surface area contributed by atoms with E-state index in [2.05, 4.69) is 57.5 Å². The Balaban J connectivity index is 1.73. The van der Waals surface area contributed by atoms with E-state index < -0.39 is 0 Å². The summed E-state index contributed by atoms with van der Waals surface area (Å²) in [5, 5.41) is 3.04. The molecule has 2 heterocycles. The van der Waals surface area contributed by atoms with Crippen molar-refractivity contribution in [1.82, 2.24) is 15.1 Å². The van der Waals surface area contributed by atoms with Crippen LogP contribution in [0.1, 0.15) is 0 Å². The maximum Gasteiger partial charge on any atom is 0.249 e. The number of allylic oxidation sites excluding steroid dienone is 4. The standard InChI is InChI=1S/C21H24N4O/c1-24(2)12-11-23-21(26)17-13-16-14-7-4-5-9-18(14)25(3)20(16)15-8-6-10-22-19(15)17/h4-10,13,18-19H,11-12H2,1-3H3,(H,23,26). The first-order chi connectivity index (χ1) is 12.6. The number of likely N-dealkylation sites (N-methyl/N-ethyl adjacent to an activating group) is 2. The van der Waals surface area contributed by atoms with Crippen molar-refractivity contribution in [3.63, 3.8) is 0 Å². The summed E-state index contributed by atoms with van der Waals surface area (Å²) in [4.78, 5) is 21.8. The molecule has 1 N–H and O–H groups in total. The van der Waals surface area contributed by atoms with E-state index in [1.54, 1.807) is 6.21 Å². The van der Waals surface area contributed by atoms with Gasteiger partial charge in [0.15, 0.2) is 0 Å². The number of dihydropyridines is 1. The third-order valence-corrected chi connectivity index (χ3v) is 5.20. The van der Waals surface area contributed by atoms with Gasteiger partial charge in [0, 0.05) is 43.1 Å². The Hall–Kier alpha value is -2.66. The highest BCUT2D eigenvalue weighted by Crippen LogP contribution is 2.44. The molecular weight excluding hydrogens is 324 g/mol. The first kappa shape index (κ1) is 16.8. The van der Waals surface area contributed by atoms with Crippen molar-refractivity contribution in [1.29, 1.82) is 0 Å². The number of rotatable bonds is 4. The first-order valence-corrected chi connectivity index (χ1v) is 8.98. The van der Waals surface area contributed by atoms with Crippen molar-refractivity contribution in [2.75, 3.05) is 34.2 Å². The minimum atomic E-state index is -0.228. The molecule has 2 unspecified atom stereocenters. The molecule has 0 radical (unpaired) electrons. The third-order valence-electron chi connectivity index (χ3n) is 5.20. The van der Waals surface area contributed by atoms with Gasteiger partial charge in [-0.2, -0.15) is 0 Å². The molecule has 4 rings (SSSR count). The second-order valence-corrected chi connectivity index (χ2v) is 7.19. The van der Waals surface area contributed by atoms with E-state index in [-0.39, 0.29) is 18.0 Å². The van der Waals surface area contributed by atoms with Crippen molar-refractivity contribution < 1.29 is 4.79 Å². The van der Waals surface area contributed by atoms with E-state index in [0.29, 0.717) is 6.54 Å². The molecule has 1 amide bonds. The Morgan fingerprint density at radius 3 is 2.85 bits per heavy atom. The van der Waals surface area contributed by atoms with Gasteiger partial charge in [-0.25, -0.2) is 0 Å². The molecule has 0 aromatic rings. The lowest BCUT2D eigenvalue weighted by Gasteiger charge is -2.30. The summed E-state index contributed by atoms with van der Waals surface area (Å²) in [6.07, 6.45) is 16.4. The zero-order valence-corrected chi connectivity index (χ0v) is 15.4. The molecule has 5 nitrogen and oxygen atoms in total. The van der Waals surface area contributed by atoms with Crippen LogP contribution in [0.3, 0.4) is 0 Å². The second-order valence-electron chi connectivity index (χ2n) is 7.19. The summed E-state index contributed by atoms with van der Waals surface area (Å²) >= 11 is 0. The van der Waals surface area contributed by atoms with Crippen molar-refractivity contribution in [3.8, 4) is 0 Å². The van der Waals surface area contributed by atoms with Gasteiger partial charge in [-0.1, -0.05) is 30.4 Å². The van der Waals surface area contributed by atoms with Crippen molar-refractivity contribution >= 4 is 12.1 Å². The molecule has 2 aliphatic carbocycles. The Morgan fingerprint density at radius 2 is 2.04 bits per heavy atom. The maximum absolute atomic E-state index is 12.9. The molecule has 4 aliphatic rings. The van der Waals surface area contributed by atoms with Crippen LogP contribution in [0.25, 0.3) is 0 Å². The number of hydrogen-bond donors (Lipinski definition) is 1. The maximum atomic E-state index is 12.9. The van der Waals surface area contributed by atoms with Crippen LogP contribution in [-0.4, -0.2) is 68.2 Å². The highest BCUT2D eigenvalue weighted by Gasteiger charge is 2.39. The van der Waals surface area contributed by atoms with Crippen LogP contribution in [0, 0.1) is 0 Å². The number of hydrogen-bond acceptors (Lipinski definition) is 4.